The number of pyridine rings is 1. The minimum atomic E-state index is -0.237. The van der Waals surface area contributed by atoms with Crippen molar-refractivity contribution in [3.63, 3.8) is 0 Å². The van der Waals surface area contributed by atoms with E-state index in [0.717, 1.165) is 0 Å². The van der Waals surface area contributed by atoms with Crippen molar-refractivity contribution in [2.75, 3.05) is 13.7 Å². The lowest BCUT2D eigenvalue weighted by Gasteiger charge is -2.06. The van der Waals surface area contributed by atoms with Crippen LogP contribution in [0.2, 0.25) is 0 Å². The number of aromatic amines is 1. The Hall–Kier alpha value is -2.83. The number of carbonyl (C=O) groups excluding carboxylic acids is 1. The van der Waals surface area contributed by atoms with Crippen LogP contribution in [-0.2, 0) is 4.79 Å². The fourth-order valence-corrected chi connectivity index (χ4v) is 1.94. The molecule has 0 saturated carbocycles. The first-order chi connectivity index (χ1) is 9.69. The zero-order valence-corrected chi connectivity index (χ0v) is 10.7. The van der Waals surface area contributed by atoms with Crippen LogP contribution in [0, 0.1) is 0 Å². The van der Waals surface area contributed by atoms with Crippen LogP contribution in [0.25, 0.3) is 16.7 Å². The number of fused-ring (bicyclic) bond motifs is 3. The van der Waals surface area contributed by atoms with Gasteiger partial charge in [-0.05, 0) is 18.2 Å². The Morgan fingerprint density at radius 2 is 2.30 bits per heavy atom. The van der Waals surface area contributed by atoms with E-state index in [9.17, 15) is 9.59 Å². The first-order valence-corrected chi connectivity index (χ1v) is 6.02. The number of nitrogens with one attached hydrogen (secondary N) is 2. The van der Waals surface area contributed by atoms with Crippen LogP contribution in [0.4, 0.5) is 0 Å². The van der Waals surface area contributed by atoms with Crippen molar-refractivity contribution in [2.24, 2.45) is 0 Å². The molecule has 0 spiro atoms. The second-order valence-corrected chi connectivity index (χ2v) is 4.20. The van der Waals surface area contributed by atoms with Crippen molar-refractivity contribution in [3.8, 4) is 5.88 Å². The summed E-state index contributed by atoms with van der Waals surface area (Å²) < 4.78 is 6.98. The maximum atomic E-state index is 11.8. The van der Waals surface area contributed by atoms with E-state index in [-0.39, 0.29) is 18.1 Å². The number of likely N-dealkylation sites (N-methyl/N-ethyl adjacent to an activating group) is 1. The minimum absolute atomic E-state index is 0.104. The predicted molar refractivity (Wildman–Crippen MR) is 72.9 cm³/mol. The number of ether oxygens (including phenoxy) is 1. The molecule has 2 N–H and O–H groups in total. The lowest BCUT2D eigenvalue weighted by atomic mass is 10.4. The number of H-pyrrole nitrogens is 1. The van der Waals surface area contributed by atoms with Gasteiger partial charge in [0.1, 0.15) is 5.52 Å². The maximum absolute atomic E-state index is 11.8. The van der Waals surface area contributed by atoms with Crippen molar-refractivity contribution in [1.82, 2.24) is 19.7 Å². The van der Waals surface area contributed by atoms with Gasteiger partial charge in [-0.2, -0.15) is 4.98 Å². The molecule has 0 aromatic carbocycles. The first kappa shape index (κ1) is 12.2. The second-order valence-electron chi connectivity index (χ2n) is 4.20. The summed E-state index contributed by atoms with van der Waals surface area (Å²) in [6.07, 6.45) is 1.75. The van der Waals surface area contributed by atoms with Crippen molar-refractivity contribution >= 4 is 22.6 Å². The lowest BCUT2D eigenvalue weighted by Crippen LogP contribution is -2.25. The van der Waals surface area contributed by atoms with Gasteiger partial charge in [-0.25, -0.2) is 0 Å². The van der Waals surface area contributed by atoms with Gasteiger partial charge < -0.3 is 15.0 Å². The van der Waals surface area contributed by atoms with Crippen LogP contribution in [0.1, 0.15) is 0 Å². The number of nitrogens with zero attached hydrogens (tertiary/aromatic N) is 2. The Morgan fingerprint density at radius 1 is 1.45 bits per heavy atom. The van der Waals surface area contributed by atoms with E-state index in [4.69, 9.17) is 4.74 Å². The molecule has 1 amide bonds. The fourth-order valence-electron chi connectivity index (χ4n) is 1.94. The van der Waals surface area contributed by atoms with Crippen molar-refractivity contribution in [1.29, 1.82) is 0 Å². The van der Waals surface area contributed by atoms with E-state index in [1.165, 1.54) is 7.05 Å². The van der Waals surface area contributed by atoms with Crippen molar-refractivity contribution in [3.05, 3.63) is 40.8 Å². The van der Waals surface area contributed by atoms with Gasteiger partial charge in [-0.15, -0.1) is 0 Å². The highest BCUT2D eigenvalue weighted by atomic mass is 16.5. The topological polar surface area (TPSA) is 88.5 Å². The number of amides is 1. The molecule has 3 heterocycles. The van der Waals surface area contributed by atoms with Gasteiger partial charge in [-0.3, -0.25) is 14.0 Å². The summed E-state index contributed by atoms with van der Waals surface area (Å²) >= 11 is 0. The molecule has 0 unspecified atom stereocenters. The zero-order valence-electron chi connectivity index (χ0n) is 10.7. The SMILES string of the molecule is CNC(=O)COc1ccc2[nH]c(=O)c3cccn3c2n1. The fraction of sp³-hybridized carbons (Fsp3) is 0.154. The third-order valence-corrected chi connectivity index (χ3v) is 2.94. The van der Waals surface area contributed by atoms with Crippen LogP contribution >= 0.6 is 0 Å². The van der Waals surface area contributed by atoms with Gasteiger partial charge in [0.05, 0.1) is 5.52 Å². The molecular formula is C13H12N4O3. The quantitative estimate of drug-likeness (QED) is 0.717. The molecule has 0 aliphatic carbocycles. The van der Waals surface area contributed by atoms with Gasteiger partial charge in [0.2, 0.25) is 5.88 Å². The number of carbonyl (C=O) groups is 1. The molecule has 3 aromatic heterocycles. The highest BCUT2D eigenvalue weighted by Gasteiger charge is 2.08. The van der Waals surface area contributed by atoms with Gasteiger partial charge in [-0.1, -0.05) is 0 Å². The van der Waals surface area contributed by atoms with Crippen LogP contribution in [-0.4, -0.2) is 33.9 Å². The molecular weight excluding hydrogens is 260 g/mol. The normalized spacial score (nSPS) is 10.8. The molecule has 7 nitrogen and oxygen atoms in total. The first-order valence-electron chi connectivity index (χ1n) is 6.02. The summed E-state index contributed by atoms with van der Waals surface area (Å²) in [7, 11) is 1.54. The molecule has 0 aliphatic heterocycles. The molecule has 102 valence electrons. The Labute approximate surface area is 113 Å². The maximum Gasteiger partial charge on any atom is 0.272 e. The average Bonchev–Trinajstić information content (AvgIpc) is 2.95. The van der Waals surface area contributed by atoms with Crippen LogP contribution in [0.3, 0.4) is 0 Å². The van der Waals surface area contributed by atoms with E-state index in [2.05, 4.69) is 15.3 Å². The average molecular weight is 272 g/mol. The Bertz CT molecular complexity index is 850. The molecule has 3 aromatic rings. The summed E-state index contributed by atoms with van der Waals surface area (Å²) in [4.78, 5) is 30.0. The van der Waals surface area contributed by atoms with E-state index in [0.29, 0.717) is 22.6 Å². The monoisotopic (exact) mass is 272 g/mol. The largest absolute Gasteiger partial charge is 0.468 e. The van der Waals surface area contributed by atoms with Crippen molar-refractivity contribution < 1.29 is 9.53 Å². The van der Waals surface area contributed by atoms with Crippen LogP contribution < -0.4 is 15.6 Å². The molecule has 0 radical (unpaired) electrons. The number of hydrogen-bond acceptors (Lipinski definition) is 4. The molecule has 7 heteroatoms. The van der Waals surface area contributed by atoms with Gasteiger partial charge in [0.25, 0.3) is 11.5 Å². The second kappa shape index (κ2) is 4.69. The minimum Gasteiger partial charge on any atom is -0.468 e. The highest BCUT2D eigenvalue weighted by molar-refractivity contribution is 5.77. The number of hydrogen-bond donors (Lipinski definition) is 2. The molecule has 0 atom stereocenters. The Kier molecular flexibility index (Phi) is 2.86. The van der Waals surface area contributed by atoms with Crippen LogP contribution in [0.5, 0.6) is 5.88 Å². The zero-order chi connectivity index (χ0) is 14.1. The lowest BCUT2D eigenvalue weighted by molar-refractivity contribution is -0.122. The Morgan fingerprint density at radius 3 is 3.10 bits per heavy atom. The van der Waals surface area contributed by atoms with E-state index < -0.39 is 0 Å². The summed E-state index contributed by atoms with van der Waals surface area (Å²) in [5.41, 5.74) is 1.50. The molecule has 0 bridgehead atoms. The molecule has 0 saturated heterocycles. The van der Waals surface area contributed by atoms with Gasteiger partial charge >= 0.3 is 0 Å². The highest BCUT2D eigenvalue weighted by Crippen LogP contribution is 2.15. The number of aromatic nitrogens is 3. The number of rotatable bonds is 3. The van der Waals surface area contributed by atoms with Crippen LogP contribution in [0.15, 0.2) is 35.3 Å². The summed E-state index contributed by atoms with van der Waals surface area (Å²) in [6.45, 7) is -0.104. The van der Waals surface area contributed by atoms with Crippen molar-refractivity contribution in [2.45, 2.75) is 0 Å². The summed E-state index contributed by atoms with van der Waals surface area (Å²) in [6, 6.07) is 6.78. The predicted octanol–water partition coefficient (Wildman–Crippen LogP) is 0.301. The summed E-state index contributed by atoms with van der Waals surface area (Å²) in [5, 5.41) is 2.46. The molecule has 0 fully saturated rings. The van der Waals surface area contributed by atoms with E-state index >= 15 is 0 Å². The van der Waals surface area contributed by atoms with E-state index in [1.807, 2.05) is 0 Å². The van der Waals surface area contributed by atoms with E-state index in [1.54, 1.807) is 34.9 Å². The van der Waals surface area contributed by atoms with Gasteiger partial charge in [0.15, 0.2) is 12.3 Å². The van der Waals surface area contributed by atoms with Gasteiger partial charge in [0, 0.05) is 19.3 Å². The standard InChI is InChI=1S/C13H12N4O3/c1-14-10(18)7-20-11-5-4-8-12(16-11)17-6-2-3-9(17)13(19)15-8/h2-6H,7H2,1H3,(H,14,18)(H,15,19). The Balaban J connectivity index is 2.08. The summed E-state index contributed by atoms with van der Waals surface area (Å²) in [5.74, 6) is 0.0858. The molecule has 0 aliphatic rings. The third kappa shape index (κ3) is 1.99. The third-order valence-electron chi connectivity index (χ3n) is 2.94. The molecule has 20 heavy (non-hydrogen) atoms. The smallest absolute Gasteiger partial charge is 0.272 e. The molecule has 3 rings (SSSR count).